The van der Waals surface area contributed by atoms with Gasteiger partial charge < -0.3 is 9.47 Å². The topological polar surface area (TPSA) is 73.0 Å². The molecule has 0 spiro atoms. The van der Waals surface area contributed by atoms with Gasteiger partial charge in [-0.1, -0.05) is 84.9 Å². The van der Waals surface area contributed by atoms with E-state index in [1.165, 1.54) is 0 Å². The lowest BCUT2D eigenvalue weighted by atomic mass is 9.92. The number of rotatable bonds is 6. The summed E-state index contributed by atoms with van der Waals surface area (Å²) < 4.78 is 13.0. The quantitative estimate of drug-likeness (QED) is 0.236. The van der Waals surface area contributed by atoms with Gasteiger partial charge in [-0.15, -0.1) is 0 Å². The molecule has 0 aliphatic heterocycles. The molecule has 0 saturated carbocycles. The standard InChI is InChI=1S/C33H24N4O2/c1-38-27-19-18-24(20-28(27)39-2)29-26(21-34)31(22-12-6-3-7-13-22)35-33-30(29)32(23-14-8-4-9-15-23)36-37(33)25-16-10-5-11-17-25/h3-20H,1-2H3. The highest BCUT2D eigenvalue weighted by Crippen LogP contribution is 2.43. The maximum absolute atomic E-state index is 10.6. The van der Waals surface area contributed by atoms with Crippen molar-refractivity contribution in [3.8, 4) is 56.9 Å². The van der Waals surface area contributed by atoms with Gasteiger partial charge in [0.05, 0.1) is 36.6 Å². The second-order valence-corrected chi connectivity index (χ2v) is 8.92. The predicted octanol–water partition coefficient (Wildman–Crippen LogP) is 7.31. The summed E-state index contributed by atoms with van der Waals surface area (Å²) in [5, 5.41) is 16.5. The fourth-order valence-electron chi connectivity index (χ4n) is 4.89. The number of benzene rings is 4. The van der Waals surface area contributed by atoms with Crippen LogP contribution in [0.2, 0.25) is 0 Å². The van der Waals surface area contributed by atoms with Gasteiger partial charge >= 0.3 is 0 Å². The third-order valence-corrected chi connectivity index (χ3v) is 6.69. The minimum absolute atomic E-state index is 0.464. The Morgan fingerprint density at radius 2 is 1.26 bits per heavy atom. The summed E-state index contributed by atoms with van der Waals surface area (Å²) in [5.74, 6) is 1.18. The lowest BCUT2D eigenvalue weighted by Crippen LogP contribution is -2.01. The monoisotopic (exact) mass is 508 g/mol. The van der Waals surface area contributed by atoms with E-state index >= 15 is 0 Å². The van der Waals surface area contributed by atoms with E-state index in [2.05, 4.69) is 6.07 Å². The zero-order chi connectivity index (χ0) is 26.8. The number of nitriles is 1. The number of pyridine rings is 1. The average molecular weight is 509 g/mol. The molecule has 6 rings (SSSR count). The van der Waals surface area contributed by atoms with E-state index in [1.54, 1.807) is 14.2 Å². The Morgan fingerprint density at radius 3 is 1.85 bits per heavy atom. The van der Waals surface area contributed by atoms with Crippen molar-refractivity contribution in [3.05, 3.63) is 115 Å². The van der Waals surface area contributed by atoms with Gasteiger partial charge in [0, 0.05) is 16.7 Å². The van der Waals surface area contributed by atoms with Gasteiger partial charge in [0.1, 0.15) is 11.8 Å². The van der Waals surface area contributed by atoms with Crippen LogP contribution in [0.5, 0.6) is 11.5 Å². The van der Waals surface area contributed by atoms with Crippen molar-refractivity contribution in [2.75, 3.05) is 14.2 Å². The zero-order valence-corrected chi connectivity index (χ0v) is 21.5. The van der Waals surface area contributed by atoms with Gasteiger partial charge in [-0.25, -0.2) is 9.67 Å². The van der Waals surface area contributed by atoms with E-state index in [9.17, 15) is 5.26 Å². The lowest BCUT2D eigenvalue weighted by Gasteiger charge is -2.15. The van der Waals surface area contributed by atoms with Crippen molar-refractivity contribution in [1.29, 1.82) is 5.26 Å². The largest absolute Gasteiger partial charge is 0.493 e. The molecule has 188 valence electrons. The second-order valence-electron chi connectivity index (χ2n) is 8.92. The molecule has 2 heterocycles. The highest BCUT2D eigenvalue weighted by atomic mass is 16.5. The van der Waals surface area contributed by atoms with Crippen molar-refractivity contribution in [2.24, 2.45) is 0 Å². The minimum Gasteiger partial charge on any atom is -0.493 e. The van der Waals surface area contributed by atoms with Crippen LogP contribution < -0.4 is 9.47 Å². The fourth-order valence-corrected chi connectivity index (χ4v) is 4.89. The molecule has 6 nitrogen and oxygen atoms in total. The minimum atomic E-state index is 0.464. The number of hydrogen-bond acceptors (Lipinski definition) is 5. The third-order valence-electron chi connectivity index (χ3n) is 6.69. The van der Waals surface area contributed by atoms with Crippen molar-refractivity contribution < 1.29 is 9.47 Å². The Balaban J connectivity index is 1.81. The lowest BCUT2D eigenvalue weighted by molar-refractivity contribution is 0.355. The highest BCUT2D eigenvalue weighted by Gasteiger charge is 2.26. The van der Waals surface area contributed by atoms with Crippen molar-refractivity contribution in [3.63, 3.8) is 0 Å². The van der Waals surface area contributed by atoms with E-state index in [1.807, 2.05) is 114 Å². The first-order chi connectivity index (χ1) is 19.2. The number of hydrogen-bond donors (Lipinski definition) is 0. The molecular weight excluding hydrogens is 484 g/mol. The highest BCUT2D eigenvalue weighted by molar-refractivity contribution is 6.07. The SMILES string of the molecule is COc1ccc(-c2c(C#N)c(-c3ccccc3)nc3c2c(-c2ccccc2)nn3-c2ccccc2)cc1OC. The summed E-state index contributed by atoms with van der Waals surface area (Å²) in [5.41, 5.74) is 6.64. The van der Waals surface area contributed by atoms with Crippen molar-refractivity contribution in [1.82, 2.24) is 14.8 Å². The molecule has 2 aromatic heterocycles. The maximum Gasteiger partial charge on any atom is 0.164 e. The Kier molecular flexibility index (Phi) is 6.24. The van der Waals surface area contributed by atoms with Crippen LogP contribution in [0.25, 0.3) is 50.4 Å². The molecule has 0 atom stereocenters. The van der Waals surface area contributed by atoms with Crippen molar-refractivity contribution >= 4 is 11.0 Å². The van der Waals surface area contributed by atoms with Crippen molar-refractivity contribution in [2.45, 2.75) is 0 Å². The smallest absolute Gasteiger partial charge is 0.164 e. The summed E-state index contributed by atoms with van der Waals surface area (Å²) in [6.07, 6.45) is 0. The van der Waals surface area contributed by atoms with Gasteiger partial charge in [-0.3, -0.25) is 0 Å². The molecule has 6 aromatic rings. The molecule has 39 heavy (non-hydrogen) atoms. The summed E-state index contributed by atoms with van der Waals surface area (Å²) in [4.78, 5) is 5.12. The Morgan fingerprint density at radius 1 is 0.667 bits per heavy atom. The van der Waals surface area contributed by atoms with Gasteiger partial charge in [-0.2, -0.15) is 10.4 Å². The van der Waals surface area contributed by atoms with Crippen LogP contribution in [0.1, 0.15) is 5.56 Å². The summed E-state index contributed by atoms with van der Waals surface area (Å²) in [6.45, 7) is 0. The van der Waals surface area contributed by atoms with Gasteiger partial charge in [-0.05, 0) is 29.8 Å². The molecule has 0 N–H and O–H groups in total. The summed E-state index contributed by atoms with van der Waals surface area (Å²) in [6, 6.07) is 37.8. The number of ether oxygens (including phenoxy) is 2. The van der Waals surface area contributed by atoms with Crippen LogP contribution in [0.3, 0.4) is 0 Å². The number of para-hydroxylation sites is 1. The Hall–Kier alpha value is -5.41. The summed E-state index contributed by atoms with van der Waals surface area (Å²) in [7, 11) is 3.21. The number of methoxy groups -OCH3 is 2. The van der Waals surface area contributed by atoms with Crippen LogP contribution in [-0.2, 0) is 0 Å². The molecule has 0 fully saturated rings. The molecule has 0 amide bonds. The van der Waals surface area contributed by atoms with Crippen LogP contribution in [0, 0.1) is 11.3 Å². The van der Waals surface area contributed by atoms with Crippen LogP contribution in [-0.4, -0.2) is 29.0 Å². The normalized spacial score (nSPS) is 10.8. The molecular formula is C33H24N4O2. The molecule has 4 aromatic carbocycles. The van der Waals surface area contributed by atoms with E-state index in [-0.39, 0.29) is 0 Å². The molecule has 0 radical (unpaired) electrons. The number of aromatic nitrogens is 3. The molecule has 0 aliphatic carbocycles. The Bertz CT molecular complexity index is 1820. The first kappa shape index (κ1) is 24.0. The van der Waals surface area contributed by atoms with E-state index in [0.717, 1.165) is 39.0 Å². The second kappa shape index (κ2) is 10.2. The summed E-state index contributed by atoms with van der Waals surface area (Å²) >= 11 is 0. The fraction of sp³-hybridized carbons (Fsp3) is 0.0606. The average Bonchev–Trinajstić information content (AvgIpc) is 3.40. The molecule has 0 bridgehead atoms. The molecule has 0 saturated heterocycles. The van der Waals surface area contributed by atoms with Gasteiger partial charge in [0.25, 0.3) is 0 Å². The van der Waals surface area contributed by atoms with E-state index in [4.69, 9.17) is 19.6 Å². The van der Waals surface area contributed by atoms with Crippen LogP contribution in [0.15, 0.2) is 109 Å². The van der Waals surface area contributed by atoms with E-state index in [0.29, 0.717) is 28.4 Å². The first-order valence-electron chi connectivity index (χ1n) is 12.5. The number of fused-ring (bicyclic) bond motifs is 1. The third kappa shape index (κ3) is 4.16. The van der Waals surface area contributed by atoms with Crippen LogP contribution >= 0.6 is 0 Å². The van der Waals surface area contributed by atoms with Crippen LogP contribution in [0.4, 0.5) is 0 Å². The number of nitrogens with zero attached hydrogens (tertiary/aromatic N) is 4. The zero-order valence-electron chi connectivity index (χ0n) is 21.5. The molecule has 6 heteroatoms. The first-order valence-corrected chi connectivity index (χ1v) is 12.5. The Labute approximate surface area is 226 Å². The molecule has 0 unspecified atom stereocenters. The molecule has 0 aliphatic rings. The van der Waals surface area contributed by atoms with E-state index < -0.39 is 0 Å². The van der Waals surface area contributed by atoms with Gasteiger partial charge in [0.15, 0.2) is 17.1 Å². The van der Waals surface area contributed by atoms with Gasteiger partial charge in [0.2, 0.25) is 0 Å². The maximum atomic E-state index is 10.6. The predicted molar refractivity (Wildman–Crippen MR) is 153 cm³/mol.